The average molecular weight is 303 g/mol. The van der Waals surface area contributed by atoms with Crippen LogP contribution in [0.1, 0.15) is 12.5 Å². The van der Waals surface area contributed by atoms with Crippen LogP contribution in [0.15, 0.2) is 59.7 Å². The molecule has 1 atom stereocenters. The van der Waals surface area contributed by atoms with Crippen LogP contribution in [0.25, 0.3) is 0 Å². The summed E-state index contributed by atoms with van der Waals surface area (Å²) in [6, 6.07) is 16.3. The maximum absolute atomic E-state index is 11.8. The third-order valence-electron chi connectivity index (χ3n) is 2.68. The van der Waals surface area contributed by atoms with E-state index >= 15 is 0 Å². The molecular weight excluding hydrogens is 288 g/mol. The minimum absolute atomic E-state index is 0.316. The van der Waals surface area contributed by atoms with Crippen LogP contribution in [0, 0.1) is 0 Å². The van der Waals surface area contributed by atoms with E-state index in [1.54, 1.807) is 37.4 Å². The second kappa shape index (κ2) is 7.45. The Balaban J connectivity index is 1.85. The minimum atomic E-state index is -0.630. The Morgan fingerprint density at radius 1 is 1.19 bits per heavy atom. The summed E-state index contributed by atoms with van der Waals surface area (Å²) in [6.07, 6.45) is 0.915. The fourth-order valence-electron chi connectivity index (χ4n) is 1.57. The molecule has 0 unspecified atom stereocenters. The van der Waals surface area contributed by atoms with E-state index in [0.717, 1.165) is 5.56 Å². The van der Waals surface area contributed by atoms with E-state index in [-0.39, 0.29) is 5.91 Å². The number of amides is 1. The van der Waals surface area contributed by atoms with E-state index in [1.807, 2.05) is 30.3 Å². The SMILES string of the molecule is C[C@H](Oc1ccccc1)C(=O)NN=Cc1ccc(Cl)cc1. The molecule has 5 heteroatoms. The summed E-state index contributed by atoms with van der Waals surface area (Å²) < 4.78 is 5.49. The molecule has 0 aliphatic heterocycles. The average Bonchev–Trinajstić information content (AvgIpc) is 2.50. The molecule has 21 heavy (non-hydrogen) atoms. The summed E-state index contributed by atoms with van der Waals surface area (Å²) in [6.45, 7) is 1.67. The van der Waals surface area contributed by atoms with Crippen molar-refractivity contribution in [3.05, 3.63) is 65.2 Å². The third-order valence-corrected chi connectivity index (χ3v) is 2.94. The zero-order chi connectivity index (χ0) is 15.1. The second-order valence-corrected chi connectivity index (χ2v) is 4.80. The lowest BCUT2D eigenvalue weighted by Gasteiger charge is -2.12. The normalized spacial score (nSPS) is 12.1. The summed E-state index contributed by atoms with van der Waals surface area (Å²) in [5.41, 5.74) is 3.28. The highest BCUT2D eigenvalue weighted by Gasteiger charge is 2.13. The number of benzene rings is 2. The molecule has 0 saturated carbocycles. The van der Waals surface area contributed by atoms with Gasteiger partial charge in [-0.15, -0.1) is 0 Å². The largest absolute Gasteiger partial charge is 0.481 e. The number of nitrogens with zero attached hydrogens (tertiary/aromatic N) is 1. The Hall–Kier alpha value is -2.33. The predicted molar refractivity (Wildman–Crippen MR) is 83.7 cm³/mol. The number of nitrogens with one attached hydrogen (secondary N) is 1. The van der Waals surface area contributed by atoms with Crippen LogP contribution < -0.4 is 10.2 Å². The van der Waals surface area contributed by atoms with Gasteiger partial charge in [0.15, 0.2) is 6.10 Å². The number of para-hydroxylation sites is 1. The highest BCUT2D eigenvalue weighted by atomic mass is 35.5. The van der Waals surface area contributed by atoms with Gasteiger partial charge in [0, 0.05) is 5.02 Å². The van der Waals surface area contributed by atoms with E-state index in [1.165, 1.54) is 0 Å². The van der Waals surface area contributed by atoms with E-state index in [0.29, 0.717) is 10.8 Å². The number of hydrogen-bond donors (Lipinski definition) is 1. The van der Waals surface area contributed by atoms with Gasteiger partial charge in [-0.2, -0.15) is 5.10 Å². The van der Waals surface area contributed by atoms with Gasteiger partial charge in [0.1, 0.15) is 5.75 Å². The van der Waals surface area contributed by atoms with Crippen molar-refractivity contribution in [1.82, 2.24) is 5.43 Å². The van der Waals surface area contributed by atoms with Gasteiger partial charge in [-0.25, -0.2) is 5.43 Å². The van der Waals surface area contributed by atoms with Gasteiger partial charge in [-0.1, -0.05) is 41.9 Å². The number of carbonyl (C=O) groups is 1. The minimum Gasteiger partial charge on any atom is -0.481 e. The van der Waals surface area contributed by atoms with Crippen LogP contribution >= 0.6 is 11.6 Å². The van der Waals surface area contributed by atoms with Crippen molar-refractivity contribution < 1.29 is 9.53 Å². The van der Waals surface area contributed by atoms with Crippen LogP contribution in [0.5, 0.6) is 5.75 Å². The van der Waals surface area contributed by atoms with Crippen molar-refractivity contribution in [3.63, 3.8) is 0 Å². The first-order valence-corrected chi connectivity index (χ1v) is 6.83. The number of carbonyl (C=O) groups excluding carboxylic acids is 1. The number of rotatable bonds is 5. The summed E-state index contributed by atoms with van der Waals surface area (Å²) in [7, 11) is 0. The van der Waals surface area contributed by atoms with Gasteiger partial charge in [0.05, 0.1) is 6.21 Å². The maximum Gasteiger partial charge on any atom is 0.280 e. The molecule has 1 N–H and O–H groups in total. The Labute approximate surface area is 128 Å². The van der Waals surface area contributed by atoms with Crippen LogP contribution in [0.2, 0.25) is 5.02 Å². The van der Waals surface area contributed by atoms with E-state index in [9.17, 15) is 4.79 Å². The Kier molecular flexibility index (Phi) is 5.35. The molecule has 0 aliphatic carbocycles. The quantitative estimate of drug-likeness (QED) is 0.681. The van der Waals surface area contributed by atoms with Crippen LogP contribution in [-0.2, 0) is 4.79 Å². The molecule has 2 rings (SSSR count). The van der Waals surface area contributed by atoms with Gasteiger partial charge < -0.3 is 4.74 Å². The standard InChI is InChI=1S/C16H15ClN2O2/c1-12(21-15-5-3-2-4-6-15)16(20)19-18-11-13-7-9-14(17)10-8-13/h2-12H,1H3,(H,19,20)/t12-/m0/s1. The Bertz CT molecular complexity index is 612. The number of hydrogen-bond acceptors (Lipinski definition) is 3. The first-order valence-electron chi connectivity index (χ1n) is 6.45. The smallest absolute Gasteiger partial charge is 0.280 e. The summed E-state index contributed by atoms with van der Waals surface area (Å²) in [5.74, 6) is 0.325. The molecule has 0 aliphatic rings. The van der Waals surface area contributed by atoms with Gasteiger partial charge in [-0.3, -0.25) is 4.79 Å². The van der Waals surface area contributed by atoms with Gasteiger partial charge in [0.25, 0.3) is 5.91 Å². The van der Waals surface area contributed by atoms with E-state index in [2.05, 4.69) is 10.5 Å². The van der Waals surface area contributed by atoms with Crippen LogP contribution in [-0.4, -0.2) is 18.2 Å². The molecule has 0 heterocycles. The molecule has 2 aromatic rings. The van der Waals surface area contributed by atoms with Crippen LogP contribution in [0.4, 0.5) is 0 Å². The first kappa shape index (κ1) is 15.1. The molecule has 108 valence electrons. The van der Waals surface area contributed by atoms with Crippen molar-refractivity contribution in [3.8, 4) is 5.75 Å². The van der Waals surface area contributed by atoms with Gasteiger partial charge >= 0.3 is 0 Å². The first-order chi connectivity index (χ1) is 10.1. The number of ether oxygens (including phenoxy) is 1. The third kappa shape index (κ3) is 4.93. The number of halogens is 1. The molecule has 0 spiro atoms. The summed E-state index contributed by atoms with van der Waals surface area (Å²) in [4.78, 5) is 11.8. The monoisotopic (exact) mass is 302 g/mol. The lowest BCUT2D eigenvalue weighted by molar-refractivity contribution is -0.127. The van der Waals surface area contributed by atoms with Crippen molar-refractivity contribution in [2.75, 3.05) is 0 Å². The van der Waals surface area contributed by atoms with E-state index in [4.69, 9.17) is 16.3 Å². The fourth-order valence-corrected chi connectivity index (χ4v) is 1.69. The highest BCUT2D eigenvalue weighted by Crippen LogP contribution is 2.10. The summed E-state index contributed by atoms with van der Waals surface area (Å²) in [5, 5.41) is 4.54. The lowest BCUT2D eigenvalue weighted by Crippen LogP contribution is -2.33. The molecular formula is C16H15ClN2O2. The molecule has 0 saturated heterocycles. The predicted octanol–water partition coefficient (Wildman–Crippen LogP) is 3.26. The molecule has 0 aromatic heterocycles. The van der Waals surface area contributed by atoms with Crippen molar-refractivity contribution in [2.24, 2.45) is 5.10 Å². The Morgan fingerprint density at radius 3 is 2.52 bits per heavy atom. The van der Waals surface area contributed by atoms with Crippen molar-refractivity contribution >= 4 is 23.7 Å². The molecule has 0 radical (unpaired) electrons. The maximum atomic E-state index is 11.8. The van der Waals surface area contributed by atoms with Crippen molar-refractivity contribution in [1.29, 1.82) is 0 Å². The van der Waals surface area contributed by atoms with Gasteiger partial charge in [0.2, 0.25) is 0 Å². The van der Waals surface area contributed by atoms with E-state index < -0.39 is 6.10 Å². The van der Waals surface area contributed by atoms with Gasteiger partial charge in [-0.05, 0) is 36.8 Å². The Morgan fingerprint density at radius 2 is 1.86 bits per heavy atom. The summed E-state index contributed by atoms with van der Waals surface area (Å²) >= 11 is 5.78. The fraction of sp³-hybridized carbons (Fsp3) is 0.125. The van der Waals surface area contributed by atoms with Crippen molar-refractivity contribution in [2.45, 2.75) is 13.0 Å². The molecule has 2 aromatic carbocycles. The van der Waals surface area contributed by atoms with Crippen LogP contribution in [0.3, 0.4) is 0 Å². The molecule has 1 amide bonds. The molecule has 4 nitrogen and oxygen atoms in total. The topological polar surface area (TPSA) is 50.7 Å². The highest BCUT2D eigenvalue weighted by molar-refractivity contribution is 6.30. The number of hydrazone groups is 1. The lowest BCUT2D eigenvalue weighted by atomic mass is 10.2. The second-order valence-electron chi connectivity index (χ2n) is 4.36. The molecule has 0 bridgehead atoms. The molecule has 0 fully saturated rings. The zero-order valence-electron chi connectivity index (χ0n) is 11.5. The zero-order valence-corrected chi connectivity index (χ0v) is 12.2.